The quantitative estimate of drug-likeness (QED) is 0.589. The fraction of sp³-hybridized carbons (Fsp3) is 0.400. The lowest BCUT2D eigenvalue weighted by atomic mass is 11.0. The van der Waals surface area contributed by atoms with Gasteiger partial charge in [0.1, 0.15) is 0 Å². The molecule has 0 fully saturated rings. The van der Waals surface area contributed by atoms with Crippen molar-refractivity contribution in [3.05, 3.63) is 11.7 Å². The first kappa shape index (κ1) is 6.11. The Balaban J connectivity index is 2.50. The average Bonchev–Trinajstić information content (AvgIpc) is 2.19. The van der Waals surface area contributed by atoms with Gasteiger partial charge in [0.2, 0.25) is 0 Å². The van der Waals surface area contributed by atoms with Crippen LogP contribution in [0.5, 0.6) is 0 Å². The van der Waals surface area contributed by atoms with Crippen LogP contribution in [0.2, 0.25) is 0 Å². The molecular weight excluding hydrogens is 138 g/mol. The van der Waals surface area contributed by atoms with Crippen LogP contribution in [0.3, 0.4) is 0 Å². The monoisotopic (exact) mass is 144 g/mol. The second kappa shape index (κ2) is 3.10. The molecule has 0 saturated carbocycles. The Kier molecular flexibility index (Phi) is 2.36. The van der Waals surface area contributed by atoms with Gasteiger partial charge in [0.25, 0.3) is 0 Å². The minimum absolute atomic E-state index is 1.12. The van der Waals surface area contributed by atoms with E-state index in [4.69, 9.17) is 0 Å². The van der Waals surface area contributed by atoms with Gasteiger partial charge in [0.05, 0.1) is 10.4 Å². The lowest BCUT2D eigenvalue weighted by molar-refractivity contribution is 1.36. The highest BCUT2D eigenvalue weighted by molar-refractivity contribution is 8.01. The highest BCUT2D eigenvalue weighted by Crippen LogP contribution is 2.19. The van der Waals surface area contributed by atoms with Gasteiger partial charge in [-0.1, -0.05) is 6.92 Å². The molecular formula is C5H6NS2. The maximum atomic E-state index is 3.81. The van der Waals surface area contributed by atoms with Crippen LogP contribution in [-0.2, 0) is 0 Å². The van der Waals surface area contributed by atoms with E-state index >= 15 is 0 Å². The highest BCUT2D eigenvalue weighted by Gasteiger charge is 1.89. The minimum atomic E-state index is 1.12. The summed E-state index contributed by atoms with van der Waals surface area (Å²) in [6, 6.07) is 0. The van der Waals surface area contributed by atoms with Gasteiger partial charge in [-0.2, -0.15) is 0 Å². The molecule has 1 aromatic heterocycles. The summed E-state index contributed by atoms with van der Waals surface area (Å²) in [7, 11) is 0. The number of aromatic nitrogens is 1. The average molecular weight is 144 g/mol. The van der Waals surface area contributed by atoms with E-state index in [1.54, 1.807) is 23.1 Å². The van der Waals surface area contributed by atoms with Crippen molar-refractivity contribution in [2.24, 2.45) is 0 Å². The van der Waals surface area contributed by atoms with Crippen molar-refractivity contribution < 1.29 is 0 Å². The molecule has 0 aliphatic carbocycles. The molecule has 3 heteroatoms. The van der Waals surface area contributed by atoms with Crippen molar-refractivity contribution in [1.29, 1.82) is 0 Å². The summed E-state index contributed by atoms with van der Waals surface area (Å²) in [5, 5.41) is 0. The van der Waals surface area contributed by atoms with Gasteiger partial charge in [0.15, 0.2) is 5.51 Å². The van der Waals surface area contributed by atoms with Crippen LogP contribution in [0.25, 0.3) is 0 Å². The summed E-state index contributed by atoms with van der Waals surface area (Å²) in [5.74, 6) is 1.12. The molecule has 1 radical (unpaired) electrons. The number of hydrogen-bond acceptors (Lipinski definition) is 3. The molecule has 1 heterocycles. The first-order valence-corrected chi connectivity index (χ1v) is 4.18. The molecule has 8 heavy (non-hydrogen) atoms. The number of thioether (sulfide) groups is 1. The van der Waals surface area contributed by atoms with Crippen molar-refractivity contribution >= 4 is 23.1 Å². The zero-order valence-electron chi connectivity index (χ0n) is 4.55. The van der Waals surface area contributed by atoms with E-state index in [-0.39, 0.29) is 0 Å². The van der Waals surface area contributed by atoms with Crippen molar-refractivity contribution in [1.82, 2.24) is 4.98 Å². The zero-order valence-corrected chi connectivity index (χ0v) is 6.18. The predicted octanol–water partition coefficient (Wildman–Crippen LogP) is 2.06. The lowest BCUT2D eigenvalue weighted by Gasteiger charge is -1.84. The van der Waals surface area contributed by atoms with Gasteiger partial charge in [0, 0.05) is 0 Å². The van der Waals surface area contributed by atoms with E-state index in [9.17, 15) is 0 Å². The highest BCUT2D eigenvalue weighted by atomic mass is 32.2. The lowest BCUT2D eigenvalue weighted by Crippen LogP contribution is -1.60. The topological polar surface area (TPSA) is 12.9 Å². The Morgan fingerprint density at radius 3 is 3.38 bits per heavy atom. The van der Waals surface area contributed by atoms with Crippen molar-refractivity contribution in [3.8, 4) is 0 Å². The number of hydrogen-bond donors (Lipinski definition) is 0. The van der Waals surface area contributed by atoms with Gasteiger partial charge in [-0.25, -0.2) is 4.98 Å². The fourth-order valence-corrected chi connectivity index (χ4v) is 1.80. The van der Waals surface area contributed by atoms with Gasteiger partial charge in [-0.15, -0.1) is 23.1 Å². The number of thiazole rings is 1. The molecule has 0 spiro atoms. The largest absolute Gasteiger partial charge is 0.241 e. The van der Waals surface area contributed by atoms with Crippen LogP contribution >= 0.6 is 23.1 Å². The van der Waals surface area contributed by atoms with E-state index in [1.807, 2.05) is 6.20 Å². The molecule has 0 amide bonds. The van der Waals surface area contributed by atoms with E-state index < -0.39 is 0 Å². The van der Waals surface area contributed by atoms with Gasteiger partial charge < -0.3 is 0 Å². The third-order valence-electron chi connectivity index (χ3n) is 0.655. The summed E-state index contributed by atoms with van der Waals surface area (Å²) in [6.45, 7) is 2.13. The van der Waals surface area contributed by atoms with E-state index in [2.05, 4.69) is 17.4 Å². The first-order chi connectivity index (χ1) is 3.93. The Bertz CT molecular complexity index is 136. The third-order valence-corrected chi connectivity index (χ3v) is 2.44. The Labute approximate surface area is 57.1 Å². The van der Waals surface area contributed by atoms with Crippen molar-refractivity contribution in [2.75, 3.05) is 5.75 Å². The normalized spacial score (nSPS) is 9.62. The van der Waals surface area contributed by atoms with E-state index in [0.29, 0.717) is 0 Å². The standard InChI is InChI=1S/C5H6NS2/c1-2-7-5-3-6-4-8-5/h3H,2H2,1H3. The molecule has 0 atom stereocenters. The molecule has 43 valence electrons. The smallest absolute Gasteiger partial charge is 0.153 e. The Morgan fingerprint density at radius 2 is 2.88 bits per heavy atom. The second-order valence-corrected chi connectivity index (χ2v) is 3.59. The molecule has 0 aromatic carbocycles. The van der Waals surface area contributed by atoms with Crippen LogP contribution in [0, 0.1) is 5.51 Å². The molecule has 1 aromatic rings. The summed E-state index contributed by atoms with van der Waals surface area (Å²) in [4.78, 5) is 3.81. The SMILES string of the molecule is CCSc1cn[c]s1. The van der Waals surface area contributed by atoms with Crippen LogP contribution < -0.4 is 0 Å². The van der Waals surface area contributed by atoms with Crippen LogP contribution in [-0.4, -0.2) is 10.7 Å². The molecule has 0 aliphatic rings. The molecule has 1 nitrogen and oxygen atoms in total. The summed E-state index contributed by atoms with van der Waals surface area (Å²) in [6.07, 6.45) is 1.85. The Morgan fingerprint density at radius 1 is 2.00 bits per heavy atom. The first-order valence-electron chi connectivity index (χ1n) is 2.38. The zero-order chi connectivity index (χ0) is 5.82. The molecule has 1 rings (SSSR count). The Hall–Kier alpha value is -0.0200. The van der Waals surface area contributed by atoms with Crippen LogP contribution in [0.1, 0.15) is 6.92 Å². The molecule has 0 saturated heterocycles. The van der Waals surface area contributed by atoms with Crippen molar-refractivity contribution in [2.45, 2.75) is 11.1 Å². The second-order valence-electron chi connectivity index (χ2n) is 1.20. The van der Waals surface area contributed by atoms with Crippen LogP contribution in [0.4, 0.5) is 0 Å². The number of nitrogens with zero attached hydrogens (tertiary/aromatic N) is 1. The van der Waals surface area contributed by atoms with Crippen molar-refractivity contribution in [3.63, 3.8) is 0 Å². The molecule has 0 N–H and O–H groups in total. The van der Waals surface area contributed by atoms with Gasteiger partial charge >= 0.3 is 0 Å². The predicted molar refractivity (Wildman–Crippen MR) is 37.3 cm³/mol. The van der Waals surface area contributed by atoms with E-state index in [0.717, 1.165) is 5.75 Å². The maximum absolute atomic E-state index is 3.81. The molecule has 0 aliphatic heterocycles. The van der Waals surface area contributed by atoms with Gasteiger partial charge in [-0.05, 0) is 5.75 Å². The minimum Gasteiger partial charge on any atom is -0.241 e. The molecule has 0 unspecified atom stereocenters. The third kappa shape index (κ3) is 1.49. The summed E-state index contributed by atoms with van der Waals surface area (Å²) in [5.41, 5.74) is 2.79. The summed E-state index contributed by atoms with van der Waals surface area (Å²) >= 11 is 3.38. The molecule has 0 bridgehead atoms. The number of rotatable bonds is 2. The van der Waals surface area contributed by atoms with Gasteiger partial charge in [-0.3, -0.25) is 0 Å². The fourth-order valence-electron chi connectivity index (χ4n) is 0.386. The van der Waals surface area contributed by atoms with Crippen LogP contribution in [0.15, 0.2) is 10.4 Å². The summed E-state index contributed by atoms with van der Waals surface area (Å²) < 4.78 is 1.26. The van der Waals surface area contributed by atoms with E-state index in [1.165, 1.54) is 4.21 Å². The maximum Gasteiger partial charge on any atom is 0.153 e.